The maximum atomic E-state index is 11.8. The van der Waals surface area contributed by atoms with Crippen LogP contribution in [0, 0.1) is 6.92 Å². The largest absolute Gasteiger partial charge is 0.451 e. The predicted molar refractivity (Wildman–Crippen MR) is 115 cm³/mol. The Balaban J connectivity index is 0.00000132. The molecule has 0 spiro atoms. The van der Waals surface area contributed by atoms with Gasteiger partial charge in [-0.3, -0.25) is 19.6 Å². The second-order valence-electron chi connectivity index (χ2n) is 6.13. The third-order valence-electron chi connectivity index (χ3n) is 3.47. The number of nitrogens with zero attached hydrogens (tertiary/aromatic N) is 2. The molecule has 7 heteroatoms. The number of rotatable bonds is 7. The van der Waals surface area contributed by atoms with Gasteiger partial charge < -0.3 is 15.4 Å². The smallest absolute Gasteiger partial charge is 0.286 e. The highest BCUT2D eigenvalue weighted by Gasteiger charge is 2.13. The van der Waals surface area contributed by atoms with E-state index in [1.165, 1.54) is 13.5 Å². The molecule has 0 aliphatic heterocycles. The van der Waals surface area contributed by atoms with E-state index in [-0.39, 0.29) is 24.0 Å². The molecule has 2 amide bonds. The van der Waals surface area contributed by atoms with Crippen molar-refractivity contribution in [3.05, 3.63) is 67.0 Å². The number of hydrogen-bond donors (Lipinski definition) is 2. The Morgan fingerprint density at radius 2 is 1.79 bits per heavy atom. The fraction of sp³-hybridized carbons (Fsp3) is 0.273. The molecule has 0 atom stereocenters. The van der Waals surface area contributed by atoms with Crippen molar-refractivity contribution in [1.29, 1.82) is 0 Å². The topological polar surface area (TPSA) is 93.2 Å². The van der Waals surface area contributed by atoms with Crippen molar-refractivity contribution in [2.24, 2.45) is 0 Å². The third-order valence-corrected chi connectivity index (χ3v) is 3.47. The SMILES string of the molecule is C=C(OC(=C)c1ccc(-c2ccnc(C)c2)cn1)C(=O)NCC(=O)NC.CCC. The van der Waals surface area contributed by atoms with Crippen molar-refractivity contribution < 1.29 is 14.3 Å². The molecule has 0 saturated carbocycles. The summed E-state index contributed by atoms with van der Waals surface area (Å²) < 4.78 is 5.32. The highest BCUT2D eigenvalue weighted by Crippen LogP contribution is 2.21. The molecule has 29 heavy (non-hydrogen) atoms. The summed E-state index contributed by atoms with van der Waals surface area (Å²) in [4.78, 5) is 31.4. The van der Waals surface area contributed by atoms with Crippen molar-refractivity contribution >= 4 is 17.6 Å². The Morgan fingerprint density at radius 3 is 2.34 bits per heavy atom. The van der Waals surface area contributed by atoms with Crippen molar-refractivity contribution in [3.63, 3.8) is 0 Å². The van der Waals surface area contributed by atoms with Gasteiger partial charge in [-0.25, -0.2) is 0 Å². The van der Waals surface area contributed by atoms with Gasteiger partial charge in [0.1, 0.15) is 11.5 Å². The van der Waals surface area contributed by atoms with E-state index in [9.17, 15) is 9.59 Å². The molecule has 2 rings (SSSR count). The van der Waals surface area contributed by atoms with Crippen LogP contribution in [0.25, 0.3) is 16.9 Å². The lowest BCUT2D eigenvalue weighted by molar-refractivity contribution is -0.125. The normalized spacial score (nSPS) is 9.52. The fourth-order valence-electron chi connectivity index (χ4n) is 2.05. The minimum absolute atomic E-state index is 0.164. The molecule has 0 aromatic carbocycles. The van der Waals surface area contributed by atoms with Crippen LogP contribution in [0.1, 0.15) is 31.7 Å². The Hall–Kier alpha value is -3.48. The summed E-state index contributed by atoms with van der Waals surface area (Å²) in [5, 5.41) is 4.78. The summed E-state index contributed by atoms with van der Waals surface area (Å²) in [5.74, 6) is -0.913. The van der Waals surface area contributed by atoms with Crippen LogP contribution < -0.4 is 10.6 Å². The van der Waals surface area contributed by atoms with Gasteiger partial charge in [0.2, 0.25) is 5.91 Å². The van der Waals surface area contributed by atoms with Gasteiger partial charge in [0.15, 0.2) is 5.76 Å². The molecular weight excluding hydrogens is 368 g/mol. The first kappa shape index (κ1) is 23.6. The van der Waals surface area contributed by atoms with E-state index in [4.69, 9.17) is 4.74 Å². The second-order valence-corrected chi connectivity index (χ2v) is 6.13. The molecular formula is C22H28N4O3. The number of aryl methyl sites for hydroxylation is 1. The number of hydrogen-bond acceptors (Lipinski definition) is 5. The fourth-order valence-corrected chi connectivity index (χ4v) is 2.05. The first-order valence-electron chi connectivity index (χ1n) is 9.26. The number of carbonyl (C=O) groups is 2. The van der Waals surface area contributed by atoms with Crippen LogP contribution >= 0.6 is 0 Å². The van der Waals surface area contributed by atoms with Gasteiger partial charge in [-0.15, -0.1) is 0 Å². The van der Waals surface area contributed by atoms with E-state index in [0.717, 1.165) is 16.8 Å². The first-order valence-corrected chi connectivity index (χ1v) is 9.26. The van der Waals surface area contributed by atoms with E-state index < -0.39 is 5.91 Å². The molecule has 2 aromatic heterocycles. The molecule has 0 unspecified atom stereocenters. The number of aromatic nitrogens is 2. The van der Waals surface area contributed by atoms with E-state index in [1.807, 2.05) is 25.1 Å². The second kappa shape index (κ2) is 12.1. The zero-order valence-corrected chi connectivity index (χ0v) is 17.4. The van der Waals surface area contributed by atoms with Gasteiger partial charge in [0.05, 0.1) is 6.54 Å². The minimum atomic E-state index is -0.598. The first-order chi connectivity index (χ1) is 13.8. The molecule has 0 aliphatic carbocycles. The number of amides is 2. The Kier molecular flexibility index (Phi) is 9.81. The molecule has 0 fully saturated rings. The minimum Gasteiger partial charge on any atom is -0.451 e. The van der Waals surface area contributed by atoms with Crippen LogP contribution in [-0.2, 0) is 14.3 Å². The summed E-state index contributed by atoms with van der Waals surface area (Å²) in [6.07, 6.45) is 4.68. The average molecular weight is 396 g/mol. The van der Waals surface area contributed by atoms with Gasteiger partial charge in [-0.2, -0.15) is 0 Å². The molecule has 2 aromatic rings. The van der Waals surface area contributed by atoms with Crippen LogP contribution in [0.3, 0.4) is 0 Å². The van der Waals surface area contributed by atoms with Gasteiger partial charge >= 0.3 is 0 Å². The predicted octanol–water partition coefficient (Wildman–Crippen LogP) is 3.23. The van der Waals surface area contributed by atoms with Gasteiger partial charge in [0.25, 0.3) is 5.91 Å². The number of nitrogens with one attached hydrogen (secondary N) is 2. The summed E-state index contributed by atoms with van der Waals surface area (Å²) >= 11 is 0. The van der Waals surface area contributed by atoms with Crippen molar-refractivity contribution in [2.75, 3.05) is 13.6 Å². The van der Waals surface area contributed by atoms with Crippen LogP contribution in [0.4, 0.5) is 0 Å². The highest BCUT2D eigenvalue weighted by atomic mass is 16.5. The molecule has 0 bridgehead atoms. The van der Waals surface area contributed by atoms with Gasteiger partial charge in [0, 0.05) is 30.7 Å². The van der Waals surface area contributed by atoms with Crippen LogP contribution in [0.15, 0.2) is 55.6 Å². The average Bonchev–Trinajstić information content (AvgIpc) is 2.72. The molecule has 0 radical (unpaired) electrons. The maximum absolute atomic E-state index is 11.8. The van der Waals surface area contributed by atoms with Crippen molar-refractivity contribution in [2.45, 2.75) is 27.2 Å². The molecule has 0 aliphatic rings. The standard InChI is InChI=1S/C19H20N4O3.C3H8/c1-12-9-15(7-8-21-12)16-5-6-17(22-10-16)13(2)26-14(3)19(25)23-11-18(24)20-4;1-3-2/h5-10H,2-3,11H2,1,4H3,(H,20,24)(H,23,25);3H2,1-2H3. The molecule has 0 saturated heterocycles. The third kappa shape index (κ3) is 7.96. The quantitative estimate of drug-likeness (QED) is 0.554. The lowest BCUT2D eigenvalue weighted by Gasteiger charge is -2.11. The Labute approximate surface area is 171 Å². The number of likely N-dealkylation sites (N-methyl/N-ethyl adjacent to an activating group) is 1. The zero-order chi connectivity index (χ0) is 21.8. The Bertz CT molecular complexity index is 861. The summed E-state index contributed by atoms with van der Waals surface area (Å²) in [7, 11) is 1.48. The zero-order valence-electron chi connectivity index (χ0n) is 17.4. The van der Waals surface area contributed by atoms with E-state index in [2.05, 4.69) is 47.6 Å². The number of carbonyl (C=O) groups excluding carboxylic acids is 2. The highest BCUT2D eigenvalue weighted by molar-refractivity contribution is 5.94. The maximum Gasteiger partial charge on any atom is 0.286 e. The number of ether oxygens (including phenoxy) is 1. The Morgan fingerprint density at radius 1 is 1.10 bits per heavy atom. The monoisotopic (exact) mass is 396 g/mol. The van der Waals surface area contributed by atoms with Crippen LogP contribution in [-0.4, -0.2) is 35.4 Å². The van der Waals surface area contributed by atoms with Crippen molar-refractivity contribution in [1.82, 2.24) is 20.6 Å². The van der Waals surface area contributed by atoms with E-state index >= 15 is 0 Å². The number of pyridine rings is 2. The molecule has 154 valence electrons. The van der Waals surface area contributed by atoms with Crippen LogP contribution in [0.2, 0.25) is 0 Å². The van der Waals surface area contributed by atoms with Gasteiger partial charge in [-0.1, -0.05) is 39.5 Å². The summed E-state index contributed by atoms with van der Waals surface area (Å²) in [6, 6.07) is 7.47. The van der Waals surface area contributed by atoms with E-state index in [1.54, 1.807) is 18.5 Å². The van der Waals surface area contributed by atoms with Crippen LogP contribution in [0.5, 0.6) is 0 Å². The van der Waals surface area contributed by atoms with Crippen molar-refractivity contribution in [3.8, 4) is 11.1 Å². The van der Waals surface area contributed by atoms with E-state index in [0.29, 0.717) is 5.69 Å². The summed E-state index contributed by atoms with van der Waals surface area (Å²) in [5.41, 5.74) is 3.31. The molecule has 2 heterocycles. The molecule has 2 N–H and O–H groups in total. The molecule has 7 nitrogen and oxygen atoms in total. The van der Waals surface area contributed by atoms with Gasteiger partial charge in [-0.05, 0) is 30.7 Å². The summed E-state index contributed by atoms with van der Waals surface area (Å²) in [6.45, 7) is 13.3. The lowest BCUT2D eigenvalue weighted by atomic mass is 10.1. The lowest BCUT2D eigenvalue weighted by Crippen LogP contribution is -2.36.